The SMILES string of the molecule is CNCc1cc(Br)c(OCOCC2CC2)c(Br)c1. The van der Waals surface area contributed by atoms with Crippen LogP contribution in [0.15, 0.2) is 21.1 Å². The van der Waals surface area contributed by atoms with Gasteiger partial charge in [-0.15, -0.1) is 0 Å². The van der Waals surface area contributed by atoms with Crippen molar-refractivity contribution >= 4 is 31.9 Å². The molecule has 1 aliphatic rings. The van der Waals surface area contributed by atoms with Crippen molar-refractivity contribution in [3.8, 4) is 5.75 Å². The fourth-order valence-electron chi connectivity index (χ4n) is 1.66. The van der Waals surface area contributed by atoms with Crippen molar-refractivity contribution in [1.29, 1.82) is 0 Å². The molecule has 1 aromatic carbocycles. The lowest BCUT2D eigenvalue weighted by atomic mass is 10.2. The molecule has 1 aromatic rings. The van der Waals surface area contributed by atoms with Crippen molar-refractivity contribution in [3.05, 3.63) is 26.6 Å². The zero-order valence-electron chi connectivity index (χ0n) is 10.3. The summed E-state index contributed by atoms with van der Waals surface area (Å²) in [6.07, 6.45) is 2.60. The molecule has 0 saturated heterocycles. The van der Waals surface area contributed by atoms with Gasteiger partial charge in [0.25, 0.3) is 0 Å². The van der Waals surface area contributed by atoms with Crippen LogP contribution in [0.4, 0.5) is 0 Å². The molecule has 0 spiro atoms. The van der Waals surface area contributed by atoms with Crippen LogP contribution in [0.1, 0.15) is 18.4 Å². The van der Waals surface area contributed by atoms with Crippen LogP contribution >= 0.6 is 31.9 Å². The van der Waals surface area contributed by atoms with Crippen molar-refractivity contribution in [3.63, 3.8) is 0 Å². The van der Waals surface area contributed by atoms with Gasteiger partial charge in [-0.25, -0.2) is 0 Å². The molecule has 2 rings (SSSR count). The number of nitrogens with one attached hydrogen (secondary N) is 1. The molecule has 18 heavy (non-hydrogen) atoms. The highest BCUT2D eigenvalue weighted by Crippen LogP contribution is 2.35. The highest BCUT2D eigenvalue weighted by molar-refractivity contribution is 9.11. The molecular formula is C13H17Br2NO2. The Bertz CT molecular complexity index is 385. The van der Waals surface area contributed by atoms with Gasteiger partial charge in [-0.3, -0.25) is 0 Å². The van der Waals surface area contributed by atoms with E-state index < -0.39 is 0 Å². The third-order valence-electron chi connectivity index (χ3n) is 2.78. The van der Waals surface area contributed by atoms with Crippen LogP contribution in [0.25, 0.3) is 0 Å². The predicted octanol–water partition coefficient (Wildman–Crippen LogP) is 3.69. The maximum atomic E-state index is 5.64. The molecule has 0 unspecified atom stereocenters. The summed E-state index contributed by atoms with van der Waals surface area (Å²) in [6, 6.07) is 4.11. The second kappa shape index (κ2) is 6.89. The third kappa shape index (κ3) is 4.23. The molecule has 0 bridgehead atoms. The first kappa shape index (κ1) is 14.3. The van der Waals surface area contributed by atoms with E-state index in [1.807, 2.05) is 7.05 Å². The summed E-state index contributed by atoms with van der Waals surface area (Å²) >= 11 is 7.05. The van der Waals surface area contributed by atoms with Gasteiger partial charge in [-0.1, -0.05) is 0 Å². The number of rotatable bonds is 7. The zero-order valence-corrected chi connectivity index (χ0v) is 13.5. The van der Waals surface area contributed by atoms with E-state index in [0.717, 1.165) is 33.8 Å². The molecule has 1 aliphatic carbocycles. The Morgan fingerprint density at radius 1 is 1.28 bits per heavy atom. The molecule has 5 heteroatoms. The first-order valence-electron chi connectivity index (χ1n) is 6.03. The van der Waals surface area contributed by atoms with Gasteiger partial charge in [0.2, 0.25) is 0 Å². The largest absolute Gasteiger partial charge is 0.465 e. The number of benzene rings is 1. The quantitative estimate of drug-likeness (QED) is 0.579. The molecule has 100 valence electrons. The predicted molar refractivity (Wildman–Crippen MR) is 78.8 cm³/mol. The lowest BCUT2D eigenvalue weighted by Gasteiger charge is -2.12. The van der Waals surface area contributed by atoms with E-state index in [4.69, 9.17) is 9.47 Å². The average Bonchev–Trinajstić information content (AvgIpc) is 3.11. The van der Waals surface area contributed by atoms with Crippen LogP contribution in [-0.2, 0) is 11.3 Å². The summed E-state index contributed by atoms with van der Waals surface area (Å²) in [5.41, 5.74) is 1.20. The van der Waals surface area contributed by atoms with Gasteiger partial charge in [-0.05, 0) is 75.4 Å². The molecule has 0 heterocycles. The maximum absolute atomic E-state index is 5.64. The average molecular weight is 379 g/mol. The standard InChI is InChI=1S/C13H17Br2NO2/c1-16-6-10-4-11(14)13(12(15)5-10)18-8-17-7-9-2-3-9/h4-5,9,16H,2-3,6-8H2,1H3. The van der Waals surface area contributed by atoms with Gasteiger partial charge in [0, 0.05) is 6.54 Å². The van der Waals surface area contributed by atoms with Crippen molar-refractivity contribution in [1.82, 2.24) is 5.32 Å². The van der Waals surface area contributed by atoms with Crippen LogP contribution in [0.5, 0.6) is 5.75 Å². The van der Waals surface area contributed by atoms with Crippen LogP contribution in [0.2, 0.25) is 0 Å². The first-order chi connectivity index (χ1) is 8.70. The van der Waals surface area contributed by atoms with E-state index in [1.165, 1.54) is 18.4 Å². The molecule has 0 atom stereocenters. The minimum Gasteiger partial charge on any atom is -0.465 e. The Labute approximate surface area is 124 Å². The summed E-state index contributed by atoms with van der Waals surface area (Å²) in [5, 5.41) is 3.12. The summed E-state index contributed by atoms with van der Waals surface area (Å²) in [6.45, 7) is 1.95. The van der Waals surface area contributed by atoms with E-state index in [2.05, 4.69) is 49.3 Å². The lowest BCUT2D eigenvalue weighted by Crippen LogP contribution is -2.07. The minimum absolute atomic E-state index is 0.305. The first-order valence-corrected chi connectivity index (χ1v) is 7.62. The molecule has 1 saturated carbocycles. The van der Waals surface area contributed by atoms with Crippen LogP contribution in [0.3, 0.4) is 0 Å². The van der Waals surface area contributed by atoms with Crippen LogP contribution in [0, 0.1) is 5.92 Å². The fourth-order valence-corrected chi connectivity index (χ4v) is 3.17. The Morgan fingerprint density at radius 2 is 1.94 bits per heavy atom. The van der Waals surface area contributed by atoms with Gasteiger partial charge in [0.1, 0.15) is 0 Å². The molecule has 0 radical (unpaired) electrons. The molecule has 1 fully saturated rings. The van der Waals surface area contributed by atoms with E-state index in [0.29, 0.717) is 6.79 Å². The minimum atomic E-state index is 0.305. The van der Waals surface area contributed by atoms with Gasteiger partial charge >= 0.3 is 0 Å². The Morgan fingerprint density at radius 3 is 2.50 bits per heavy atom. The molecular weight excluding hydrogens is 362 g/mol. The smallest absolute Gasteiger partial charge is 0.189 e. The topological polar surface area (TPSA) is 30.5 Å². The summed E-state index contributed by atoms with van der Waals surface area (Å²) in [7, 11) is 1.93. The second-order valence-electron chi connectivity index (χ2n) is 4.50. The highest BCUT2D eigenvalue weighted by Gasteiger charge is 2.21. The van der Waals surface area contributed by atoms with Crippen molar-refractivity contribution in [2.45, 2.75) is 19.4 Å². The van der Waals surface area contributed by atoms with Gasteiger partial charge in [0.15, 0.2) is 12.5 Å². The van der Waals surface area contributed by atoms with Crippen molar-refractivity contribution in [2.75, 3.05) is 20.4 Å². The monoisotopic (exact) mass is 377 g/mol. The Kier molecular flexibility index (Phi) is 5.48. The van der Waals surface area contributed by atoms with E-state index in [-0.39, 0.29) is 0 Å². The molecule has 1 N–H and O–H groups in total. The summed E-state index contributed by atoms with van der Waals surface area (Å²) in [5.74, 6) is 1.56. The molecule has 0 amide bonds. The van der Waals surface area contributed by atoms with E-state index in [9.17, 15) is 0 Å². The molecule has 3 nitrogen and oxygen atoms in total. The van der Waals surface area contributed by atoms with Gasteiger partial charge in [0.05, 0.1) is 15.6 Å². The molecule has 0 aromatic heterocycles. The normalized spacial score (nSPS) is 14.8. The third-order valence-corrected chi connectivity index (χ3v) is 3.95. The maximum Gasteiger partial charge on any atom is 0.189 e. The molecule has 0 aliphatic heterocycles. The number of ether oxygens (including phenoxy) is 2. The van der Waals surface area contributed by atoms with E-state index in [1.54, 1.807) is 0 Å². The Hall–Kier alpha value is -0.100. The zero-order chi connectivity index (χ0) is 13.0. The van der Waals surface area contributed by atoms with E-state index >= 15 is 0 Å². The van der Waals surface area contributed by atoms with Crippen molar-refractivity contribution in [2.24, 2.45) is 5.92 Å². The van der Waals surface area contributed by atoms with Crippen LogP contribution in [-0.4, -0.2) is 20.4 Å². The Balaban J connectivity index is 1.89. The highest BCUT2D eigenvalue weighted by atomic mass is 79.9. The van der Waals surface area contributed by atoms with Gasteiger partial charge < -0.3 is 14.8 Å². The number of hydrogen-bond donors (Lipinski definition) is 1. The van der Waals surface area contributed by atoms with Crippen LogP contribution < -0.4 is 10.1 Å². The lowest BCUT2D eigenvalue weighted by molar-refractivity contribution is 0.00913. The van der Waals surface area contributed by atoms with Gasteiger partial charge in [-0.2, -0.15) is 0 Å². The second-order valence-corrected chi connectivity index (χ2v) is 6.20. The number of hydrogen-bond acceptors (Lipinski definition) is 3. The fraction of sp³-hybridized carbons (Fsp3) is 0.538. The number of halogens is 2. The van der Waals surface area contributed by atoms with Crippen molar-refractivity contribution < 1.29 is 9.47 Å². The summed E-state index contributed by atoms with van der Waals surface area (Å²) < 4.78 is 13.0. The summed E-state index contributed by atoms with van der Waals surface area (Å²) in [4.78, 5) is 0.